The van der Waals surface area contributed by atoms with Gasteiger partial charge in [-0.15, -0.1) is 10.2 Å². The summed E-state index contributed by atoms with van der Waals surface area (Å²) in [7, 11) is -3.90. The molecule has 11 heteroatoms. The van der Waals surface area contributed by atoms with E-state index in [2.05, 4.69) is 15.5 Å². The normalized spacial score (nSPS) is 15.7. The number of aromatic nitrogens is 2. The van der Waals surface area contributed by atoms with Crippen LogP contribution in [0.15, 0.2) is 51.7 Å². The molecular formula is C21H22N4O4S3. The van der Waals surface area contributed by atoms with Crippen molar-refractivity contribution >= 4 is 49.8 Å². The highest BCUT2D eigenvalue weighted by Crippen LogP contribution is 2.38. The van der Waals surface area contributed by atoms with Crippen LogP contribution >= 0.6 is 23.1 Å². The van der Waals surface area contributed by atoms with E-state index in [4.69, 9.17) is 4.74 Å². The Labute approximate surface area is 195 Å². The van der Waals surface area contributed by atoms with E-state index in [0.717, 1.165) is 21.2 Å². The van der Waals surface area contributed by atoms with Crippen molar-refractivity contribution in [2.45, 2.75) is 36.1 Å². The van der Waals surface area contributed by atoms with E-state index in [9.17, 15) is 13.2 Å². The van der Waals surface area contributed by atoms with Gasteiger partial charge in [-0.1, -0.05) is 53.8 Å². The molecule has 1 N–H and O–H groups in total. The molecule has 1 atom stereocenters. The average molecular weight is 491 g/mol. The van der Waals surface area contributed by atoms with Crippen molar-refractivity contribution in [2.75, 3.05) is 21.9 Å². The van der Waals surface area contributed by atoms with Gasteiger partial charge in [-0.2, -0.15) is 0 Å². The lowest BCUT2D eigenvalue weighted by atomic mass is 10.1. The largest absolute Gasteiger partial charge is 0.476 e. The molecule has 8 nitrogen and oxygen atoms in total. The minimum absolute atomic E-state index is 0.154. The number of thioether (sulfide) groups is 1. The van der Waals surface area contributed by atoms with Crippen LogP contribution in [0.25, 0.3) is 0 Å². The molecule has 1 aliphatic rings. The first kappa shape index (κ1) is 22.6. The number of carbonyl (C=O) groups excluding carboxylic acids is 1. The molecule has 0 aliphatic carbocycles. The maximum absolute atomic E-state index is 13.5. The van der Waals surface area contributed by atoms with Crippen LogP contribution in [0, 0.1) is 13.8 Å². The van der Waals surface area contributed by atoms with Gasteiger partial charge < -0.3 is 4.74 Å². The monoisotopic (exact) mass is 490 g/mol. The fourth-order valence-corrected chi connectivity index (χ4v) is 6.32. The number of nitrogens with one attached hydrogen (secondary N) is 1. The second-order valence-corrected chi connectivity index (χ2v) is 11.6. The maximum Gasteiger partial charge on any atom is 0.269 e. The topological polar surface area (TPSA) is 101 Å². The molecule has 0 radical (unpaired) electrons. The van der Waals surface area contributed by atoms with Crippen molar-refractivity contribution in [2.24, 2.45) is 0 Å². The fourth-order valence-electron chi connectivity index (χ4n) is 3.19. The molecule has 1 aliphatic heterocycles. The highest BCUT2D eigenvalue weighted by molar-refractivity contribution is 8.01. The van der Waals surface area contributed by atoms with Crippen molar-refractivity contribution in [3.63, 3.8) is 0 Å². The fraction of sp³-hybridized carbons (Fsp3) is 0.286. The number of ether oxygens (including phenoxy) is 1. The van der Waals surface area contributed by atoms with Crippen LogP contribution < -0.4 is 14.4 Å². The SMILES string of the molecule is CCSc1nnc(NC(=O)C2CN(S(=O)(=O)c3ccc(C)cc3)c3ccc(C)cc3O2)s1. The van der Waals surface area contributed by atoms with Crippen molar-refractivity contribution in [1.29, 1.82) is 0 Å². The summed E-state index contributed by atoms with van der Waals surface area (Å²) in [4.78, 5) is 13.1. The zero-order valence-electron chi connectivity index (χ0n) is 17.7. The molecule has 32 heavy (non-hydrogen) atoms. The molecule has 4 rings (SSSR count). The van der Waals surface area contributed by atoms with Crippen LogP contribution in [0.4, 0.5) is 10.8 Å². The third kappa shape index (κ3) is 4.59. The number of fused-ring (bicyclic) bond motifs is 1. The van der Waals surface area contributed by atoms with Crippen LogP contribution in [0.2, 0.25) is 0 Å². The predicted molar refractivity (Wildman–Crippen MR) is 126 cm³/mol. The number of benzene rings is 2. The number of amides is 1. The number of nitrogens with zero attached hydrogens (tertiary/aromatic N) is 3. The van der Waals surface area contributed by atoms with Gasteiger partial charge in [0.1, 0.15) is 5.75 Å². The van der Waals surface area contributed by atoms with Crippen molar-refractivity contribution < 1.29 is 17.9 Å². The molecular weight excluding hydrogens is 468 g/mol. The van der Waals surface area contributed by atoms with E-state index in [1.807, 2.05) is 26.8 Å². The lowest BCUT2D eigenvalue weighted by Crippen LogP contribution is -2.48. The van der Waals surface area contributed by atoms with Gasteiger partial charge in [-0.25, -0.2) is 8.42 Å². The Balaban J connectivity index is 1.65. The van der Waals surface area contributed by atoms with E-state index in [1.54, 1.807) is 36.4 Å². The Morgan fingerprint density at radius 3 is 2.62 bits per heavy atom. The highest BCUT2D eigenvalue weighted by Gasteiger charge is 2.38. The summed E-state index contributed by atoms with van der Waals surface area (Å²) in [5.74, 6) is 0.702. The summed E-state index contributed by atoms with van der Waals surface area (Å²) in [5, 5.41) is 11.0. The number of carbonyl (C=O) groups is 1. The van der Waals surface area contributed by atoms with Gasteiger partial charge >= 0.3 is 0 Å². The molecule has 0 saturated heterocycles. The van der Waals surface area contributed by atoms with Crippen molar-refractivity contribution in [3.05, 3.63) is 53.6 Å². The summed E-state index contributed by atoms with van der Waals surface area (Å²) in [6, 6.07) is 11.9. The first-order valence-electron chi connectivity index (χ1n) is 9.92. The van der Waals surface area contributed by atoms with E-state index < -0.39 is 22.0 Å². The van der Waals surface area contributed by atoms with Crippen LogP contribution in [-0.2, 0) is 14.8 Å². The zero-order valence-corrected chi connectivity index (χ0v) is 20.2. The highest BCUT2D eigenvalue weighted by atomic mass is 32.2. The van der Waals surface area contributed by atoms with E-state index in [1.165, 1.54) is 27.4 Å². The molecule has 1 unspecified atom stereocenters. The zero-order chi connectivity index (χ0) is 22.9. The molecule has 1 aromatic heterocycles. The quantitative estimate of drug-likeness (QED) is 0.413. The Kier molecular flexibility index (Phi) is 6.40. The van der Waals surface area contributed by atoms with Gasteiger partial charge in [0.2, 0.25) is 5.13 Å². The molecule has 2 heterocycles. The Bertz CT molecular complexity index is 1240. The molecule has 0 fully saturated rings. The van der Waals surface area contributed by atoms with Crippen LogP contribution in [0.3, 0.4) is 0 Å². The number of anilines is 2. The molecule has 2 aromatic carbocycles. The summed E-state index contributed by atoms with van der Waals surface area (Å²) in [6.45, 7) is 5.61. The molecule has 0 saturated carbocycles. The first-order valence-corrected chi connectivity index (χ1v) is 13.2. The van der Waals surface area contributed by atoms with Gasteiger partial charge in [-0.05, 0) is 49.4 Å². The Morgan fingerprint density at radius 1 is 1.19 bits per heavy atom. The summed E-state index contributed by atoms with van der Waals surface area (Å²) in [5.41, 5.74) is 2.25. The summed E-state index contributed by atoms with van der Waals surface area (Å²) in [6.07, 6.45) is -1.05. The Morgan fingerprint density at radius 2 is 1.91 bits per heavy atom. The van der Waals surface area contributed by atoms with Gasteiger partial charge in [0.15, 0.2) is 10.4 Å². The van der Waals surface area contributed by atoms with Crippen LogP contribution in [0.5, 0.6) is 5.75 Å². The van der Waals surface area contributed by atoms with Gasteiger partial charge in [0.25, 0.3) is 15.9 Å². The summed E-state index contributed by atoms with van der Waals surface area (Å²) >= 11 is 2.79. The van der Waals surface area contributed by atoms with Crippen molar-refractivity contribution in [1.82, 2.24) is 10.2 Å². The van der Waals surface area contributed by atoms with E-state index >= 15 is 0 Å². The third-order valence-electron chi connectivity index (χ3n) is 4.79. The lowest BCUT2D eigenvalue weighted by molar-refractivity contribution is -0.122. The number of sulfonamides is 1. The second kappa shape index (κ2) is 9.08. The molecule has 1 amide bonds. The maximum atomic E-state index is 13.5. The first-order chi connectivity index (χ1) is 15.3. The number of hydrogen-bond donors (Lipinski definition) is 1. The second-order valence-electron chi connectivity index (χ2n) is 7.22. The average Bonchev–Trinajstić information content (AvgIpc) is 3.20. The summed E-state index contributed by atoms with van der Waals surface area (Å²) < 4.78 is 34.8. The van der Waals surface area contributed by atoms with Gasteiger partial charge in [0.05, 0.1) is 17.1 Å². The van der Waals surface area contributed by atoms with Crippen molar-refractivity contribution in [3.8, 4) is 5.75 Å². The smallest absolute Gasteiger partial charge is 0.269 e. The van der Waals surface area contributed by atoms with E-state index in [-0.39, 0.29) is 11.4 Å². The molecule has 168 valence electrons. The van der Waals surface area contributed by atoms with E-state index in [0.29, 0.717) is 16.6 Å². The third-order valence-corrected chi connectivity index (χ3v) is 8.44. The lowest BCUT2D eigenvalue weighted by Gasteiger charge is -2.34. The predicted octanol–water partition coefficient (Wildman–Crippen LogP) is 3.86. The molecule has 3 aromatic rings. The molecule has 0 spiro atoms. The molecule has 0 bridgehead atoms. The van der Waals surface area contributed by atoms with Gasteiger partial charge in [-0.3, -0.25) is 14.4 Å². The minimum atomic E-state index is -3.90. The van der Waals surface area contributed by atoms with Crippen LogP contribution in [0.1, 0.15) is 18.1 Å². The minimum Gasteiger partial charge on any atom is -0.476 e. The standard InChI is InChI=1S/C21H22N4O4S3/c1-4-30-21-24-23-20(31-21)22-19(26)18-12-25(16-10-7-14(3)11-17(16)29-18)32(27,28)15-8-5-13(2)6-9-15/h5-11,18H,4,12H2,1-3H3,(H,22,23,26). The van der Waals surface area contributed by atoms with Crippen LogP contribution in [-0.4, -0.2) is 42.9 Å². The number of rotatable bonds is 6. The number of aryl methyl sites for hydroxylation is 2. The Hall–Kier alpha value is -2.63. The number of hydrogen-bond acceptors (Lipinski definition) is 8. The van der Waals surface area contributed by atoms with Gasteiger partial charge in [0, 0.05) is 0 Å².